The molecule has 8 heteroatoms. The van der Waals surface area contributed by atoms with Crippen molar-refractivity contribution in [1.29, 1.82) is 0 Å². The largest absolute Gasteiger partial charge is 0.465 e. The monoisotopic (exact) mass is 510 g/mol. The number of esters is 1. The molecule has 0 aliphatic carbocycles. The van der Waals surface area contributed by atoms with Gasteiger partial charge in [-0.1, -0.05) is 49.4 Å². The molecule has 2 heterocycles. The van der Waals surface area contributed by atoms with Crippen molar-refractivity contribution in [1.82, 2.24) is 0 Å². The van der Waals surface area contributed by atoms with E-state index in [0.717, 1.165) is 16.9 Å². The minimum absolute atomic E-state index is 0.229. The zero-order valence-electron chi connectivity index (χ0n) is 20.1. The van der Waals surface area contributed by atoms with Crippen LogP contribution in [0.5, 0.6) is 0 Å². The van der Waals surface area contributed by atoms with Crippen LogP contribution in [0, 0.1) is 0 Å². The highest BCUT2D eigenvalue weighted by Crippen LogP contribution is 2.37. The summed E-state index contributed by atoms with van der Waals surface area (Å²) in [5, 5.41) is 4.95. The summed E-state index contributed by atoms with van der Waals surface area (Å²) < 4.78 is 5.01. The smallest absolute Gasteiger partial charge is 0.341 e. The number of thiophene rings is 1. The first-order valence-electron chi connectivity index (χ1n) is 11.6. The normalized spacial score (nSPS) is 12.4. The van der Waals surface area contributed by atoms with Crippen molar-refractivity contribution in [2.45, 2.75) is 13.3 Å². The number of imide groups is 1. The Labute approximate surface area is 217 Å². The molecule has 1 N–H and O–H groups in total. The van der Waals surface area contributed by atoms with Gasteiger partial charge in [0, 0.05) is 16.5 Å². The second-order valence-corrected chi connectivity index (χ2v) is 9.27. The number of carbonyl (C=O) groups excluding carboxylic acids is 4. The molecule has 0 unspecified atom stereocenters. The molecule has 0 radical (unpaired) electrons. The van der Waals surface area contributed by atoms with E-state index in [1.54, 1.807) is 47.8 Å². The Bertz CT molecular complexity index is 1520. The van der Waals surface area contributed by atoms with E-state index in [2.05, 4.69) is 12.2 Å². The molecule has 3 amide bonds. The Balaban J connectivity index is 1.44. The fourth-order valence-corrected chi connectivity index (χ4v) is 5.22. The third-order valence-electron chi connectivity index (χ3n) is 6.24. The minimum Gasteiger partial charge on any atom is -0.465 e. The van der Waals surface area contributed by atoms with E-state index >= 15 is 0 Å². The number of nitrogens with one attached hydrogen (secondary N) is 1. The lowest BCUT2D eigenvalue weighted by Crippen LogP contribution is -2.29. The zero-order valence-corrected chi connectivity index (χ0v) is 20.9. The Hall–Kier alpha value is -4.56. The molecule has 37 heavy (non-hydrogen) atoms. The van der Waals surface area contributed by atoms with Crippen LogP contribution in [0.25, 0.3) is 11.1 Å². The second-order valence-electron chi connectivity index (χ2n) is 8.39. The SMILES string of the molecule is CCc1ccc(-c2csc(NC(=O)c3cccc(N4C(=O)c5ccccc5C4=O)c3)c2C(=O)OC)cc1. The summed E-state index contributed by atoms with van der Waals surface area (Å²) in [6.45, 7) is 2.07. The maximum absolute atomic E-state index is 13.2. The standard InChI is InChI=1S/C29H22N2O5S/c1-3-17-11-13-18(14-12-17)23-16-37-26(24(23)29(35)36-2)30-25(32)19-7-6-8-20(15-19)31-27(33)21-9-4-5-10-22(21)28(31)34/h4-16H,3H2,1-2H3,(H,30,32). The number of benzene rings is 3. The molecule has 0 spiro atoms. The lowest BCUT2D eigenvalue weighted by atomic mass is 10.0. The topological polar surface area (TPSA) is 92.8 Å². The second kappa shape index (κ2) is 9.83. The number of fused-ring (bicyclic) bond motifs is 1. The number of hydrogen-bond acceptors (Lipinski definition) is 6. The molecule has 1 aliphatic heterocycles. The Morgan fingerprint density at radius 1 is 0.892 bits per heavy atom. The first-order chi connectivity index (χ1) is 17.9. The van der Waals surface area contributed by atoms with Crippen LogP contribution in [0.2, 0.25) is 0 Å². The van der Waals surface area contributed by atoms with E-state index in [1.807, 2.05) is 24.3 Å². The van der Waals surface area contributed by atoms with Gasteiger partial charge in [0.2, 0.25) is 0 Å². The van der Waals surface area contributed by atoms with Gasteiger partial charge in [-0.3, -0.25) is 14.4 Å². The van der Waals surface area contributed by atoms with Crippen LogP contribution in [0.15, 0.2) is 78.2 Å². The van der Waals surface area contributed by atoms with Crippen molar-refractivity contribution in [2.75, 3.05) is 17.3 Å². The maximum Gasteiger partial charge on any atom is 0.341 e. The van der Waals surface area contributed by atoms with Crippen molar-refractivity contribution in [3.63, 3.8) is 0 Å². The van der Waals surface area contributed by atoms with E-state index in [4.69, 9.17) is 4.74 Å². The number of amides is 3. The summed E-state index contributed by atoms with van der Waals surface area (Å²) in [5.74, 6) is -1.93. The van der Waals surface area contributed by atoms with Gasteiger partial charge in [0.05, 0.1) is 23.9 Å². The molecule has 0 saturated carbocycles. The number of ether oxygens (including phenoxy) is 1. The van der Waals surface area contributed by atoms with Gasteiger partial charge >= 0.3 is 5.97 Å². The van der Waals surface area contributed by atoms with Crippen LogP contribution in [0.4, 0.5) is 10.7 Å². The maximum atomic E-state index is 13.2. The van der Waals surface area contributed by atoms with Crippen molar-refractivity contribution in [3.8, 4) is 11.1 Å². The molecule has 1 aromatic heterocycles. The zero-order chi connectivity index (χ0) is 26.1. The number of carbonyl (C=O) groups is 4. The Morgan fingerprint density at radius 2 is 1.57 bits per heavy atom. The highest BCUT2D eigenvalue weighted by atomic mass is 32.1. The van der Waals surface area contributed by atoms with Gasteiger partial charge in [-0.05, 0) is 47.9 Å². The van der Waals surface area contributed by atoms with Crippen LogP contribution in [-0.4, -0.2) is 30.8 Å². The van der Waals surface area contributed by atoms with Gasteiger partial charge in [0.15, 0.2) is 0 Å². The lowest BCUT2D eigenvalue weighted by Gasteiger charge is -2.15. The number of hydrogen-bond donors (Lipinski definition) is 1. The molecule has 4 aromatic rings. The summed E-state index contributed by atoms with van der Waals surface area (Å²) >= 11 is 1.22. The average molecular weight is 511 g/mol. The first kappa shape index (κ1) is 24.1. The van der Waals surface area contributed by atoms with E-state index in [9.17, 15) is 19.2 Å². The summed E-state index contributed by atoms with van der Waals surface area (Å²) in [6.07, 6.45) is 0.898. The summed E-state index contributed by atoms with van der Waals surface area (Å²) in [6, 6.07) is 20.7. The van der Waals surface area contributed by atoms with Crippen molar-refractivity contribution in [3.05, 3.63) is 106 Å². The van der Waals surface area contributed by atoms with Crippen LogP contribution < -0.4 is 10.2 Å². The van der Waals surface area contributed by atoms with Gasteiger partial charge in [-0.25, -0.2) is 9.69 Å². The van der Waals surface area contributed by atoms with Gasteiger partial charge in [0.25, 0.3) is 17.7 Å². The summed E-state index contributed by atoms with van der Waals surface area (Å²) in [5.41, 5.74) is 4.09. The predicted octanol–water partition coefficient (Wildman–Crippen LogP) is 5.82. The van der Waals surface area contributed by atoms with Crippen molar-refractivity contribution >= 4 is 45.7 Å². The fourth-order valence-electron chi connectivity index (χ4n) is 4.27. The van der Waals surface area contributed by atoms with E-state index in [0.29, 0.717) is 21.7 Å². The van der Waals surface area contributed by atoms with E-state index in [1.165, 1.54) is 30.1 Å². The molecule has 0 atom stereocenters. The third-order valence-corrected chi connectivity index (χ3v) is 7.14. The van der Waals surface area contributed by atoms with Crippen LogP contribution in [0.3, 0.4) is 0 Å². The van der Waals surface area contributed by atoms with E-state index < -0.39 is 23.7 Å². The number of anilines is 2. The average Bonchev–Trinajstić information content (AvgIpc) is 3.46. The molecule has 1 aliphatic rings. The molecule has 0 saturated heterocycles. The van der Waals surface area contributed by atoms with Crippen LogP contribution in [0.1, 0.15) is 53.9 Å². The molecular formula is C29H22N2O5S. The highest BCUT2D eigenvalue weighted by Gasteiger charge is 2.36. The third kappa shape index (κ3) is 4.32. The van der Waals surface area contributed by atoms with Crippen LogP contribution >= 0.6 is 11.3 Å². The predicted molar refractivity (Wildman–Crippen MR) is 142 cm³/mol. The molecule has 3 aromatic carbocycles. The molecule has 0 bridgehead atoms. The number of aryl methyl sites for hydroxylation is 1. The van der Waals surface area contributed by atoms with Crippen molar-refractivity contribution in [2.24, 2.45) is 0 Å². The molecular weight excluding hydrogens is 488 g/mol. The van der Waals surface area contributed by atoms with Gasteiger partial charge in [-0.15, -0.1) is 11.3 Å². The highest BCUT2D eigenvalue weighted by molar-refractivity contribution is 7.15. The molecule has 184 valence electrons. The fraction of sp³-hybridized carbons (Fsp3) is 0.103. The number of nitrogens with zero attached hydrogens (tertiary/aromatic N) is 1. The summed E-state index contributed by atoms with van der Waals surface area (Å²) in [4.78, 5) is 52.7. The van der Waals surface area contributed by atoms with E-state index in [-0.39, 0.29) is 16.8 Å². The van der Waals surface area contributed by atoms with Crippen molar-refractivity contribution < 1.29 is 23.9 Å². The lowest BCUT2D eigenvalue weighted by molar-refractivity contribution is 0.0603. The quantitative estimate of drug-likeness (QED) is 0.261. The molecule has 0 fully saturated rings. The van der Waals surface area contributed by atoms with Crippen LogP contribution in [-0.2, 0) is 11.2 Å². The molecule has 7 nitrogen and oxygen atoms in total. The number of rotatable bonds is 6. The summed E-state index contributed by atoms with van der Waals surface area (Å²) in [7, 11) is 1.29. The molecule has 5 rings (SSSR count). The van der Waals surface area contributed by atoms with Gasteiger partial charge in [-0.2, -0.15) is 0 Å². The number of methoxy groups -OCH3 is 1. The minimum atomic E-state index is -0.564. The first-order valence-corrected chi connectivity index (χ1v) is 12.5. The van der Waals surface area contributed by atoms with Gasteiger partial charge in [0.1, 0.15) is 10.6 Å². The Kier molecular flexibility index (Phi) is 6.42. The van der Waals surface area contributed by atoms with Gasteiger partial charge < -0.3 is 10.1 Å². The Morgan fingerprint density at radius 3 is 2.19 bits per heavy atom.